The Labute approximate surface area is 277 Å². The third-order valence-electron chi connectivity index (χ3n) is 6.82. The van der Waals surface area contributed by atoms with Crippen LogP contribution in [0.2, 0.25) is 0 Å². The zero-order chi connectivity index (χ0) is 33.3. The van der Waals surface area contributed by atoms with Crippen molar-refractivity contribution in [3.8, 4) is 16.9 Å². The van der Waals surface area contributed by atoms with Crippen molar-refractivity contribution >= 4 is 58.5 Å². The van der Waals surface area contributed by atoms with Gasteiger partial charge in [-0.25, -0.2) is 5.43 Å². The van der Waals surface area contributed by atoms with Crippen LogP contribution in [-0.2, 0) is 23.9 Å². The number of hydrogen-bond acceptors (Lipinski definition) is 8. The van der Waals surface area contributed by atoms with E-state index in [4.69, 9.17) is 44.3 Å². The number of hydrogen-bond donors (Lipinski definition) is 4. The van der Waals surface area contributed by atoms with Crippen molar-refractivity contribution in [3.63, 3.8) is 0 Å². The highest BCUT2D eigenvalue weighted by Gasteiger charge is 2.33. The minimum Gasteiger partial charge on any atom is -0.484 e. The van der Waals surface area contributed by atoms with Gasteiger partial charge in [-0.1, -0.05) is 85.6 Å². The Morgan fingerprint density at radius 2 is 1.78 bits per heavy atom. The van der Waals surface area contributed by atoms with E-state index in [-0.39, 0.29) is 24.8 Å². The highest BCUT2D eigenvalue weighted by molar-refractivity contribution is 6.67. The van der Waals surface area contributed by atoms with Crippen molar-refractivity contribution in [2.24, 2.45) is 5.92 Å². The molecular weight excluding hydrogens is 647 g/mol. The molecule has 45 heavy (non-hydrogen) atoms. The number of carbonyl (C=O) groups excluding carboxylic acids is 4. The summed E-state index contributed by atoms with van der Waals surface area (Å²) < 4.78 is 8.83. The second-order valence-electron chi connectivity index (χ2n) is 10.9. The van der Waals surface area contributed by atoms with Crippen LogP contribution in [-0.4, -0.2) is 69.4 Å². The number of nitrogens with zero attached hydrogens (tertiary/aromatic N) is 1. The average Bonchev–Trinajstić information content (AvgIpc) is 3.00. The van der Waals surface area contributed by atoms with Gasteiger partial charge in [-0.3, -0.25) is 24.2 Å². The van der Waals surface area contributed by atoms with Crippen LogP contribution < -0.4 is 20.8 Å². The number of aliphatic hydroxyl groups is 1. The van der Waals surface area contributed by atoms with Gasteiger partial charge in [0, 0.05) is 6.54 Å². The molecule has 1 heterocycles. The third-order valence-corrected chi connectivity index (χ3v) is 7.15. The van der Waals surface area contributed by atoms with Gasteiger partial charge in [0.25, 0.3) is 11.8 Å². The molecule has 3 atom stereocenters. The molecule has 1 saturated heterocycles. The molecule has 4 N–H and O–H groups in total. The summed E-state index contributed by atoms with van der Waals surface area (Å²) in [7, 11) is 0. The number of alkyl halides is 3. The number of aliphatic hydroxyl groups excluding tert-OH is 1. The monoisotopic (exact) mass is 682 g/mol. The van der Waals surface area contributed by atoms with E-state index < -0.39 is 52.3 Å². The lowest BCUT2D eigenvalue weighted by molar-refractivity contribution is -0.151. The molecule has 1 fully saturated rings. The number of rotatable bonds is 12. The van der Waals surface area contributed by atoms with Gasteiger partial charge in [0.05, 0.1) is 6.10 Å². The summed E-state index contributed by atoms with van der Waals surface area (Å²) >= 11 is 16.9. The van der Waals surface area contributed by atoms with Gasteiger partial charge < -0.3 is 25.2 Å². The predicted octanol–water partition coefficient (Wildman–Crippen LogP) is 3.97. The Bertz CT molecular complexity index is 1380. The summed E-state index contributed by atoms with van der Waals surface area (Å²) in [4.78, 5) is 51.0. The normalized spacial score (nSPS) is 16.4. The molecule has 3 rings (SSSR count). The van der Waals surface area contributed by atoms with Gasteiger partial charge in [-0.2, -0.15) is 0 Å². The van der Waals surface area contributed by atoms with Crippen molar-refractivity contribution < 1.29 is 33.8 Å². The molecule has 244 valence electrons. The molecule has 2 aromatic carbocycles. The van der Waals surface area contributed by atoms with E-state index in [1.165, 1.54) is 0 Å². The second kappa shape index (κ2) is 16.3. The van der Waals surface area contributed by atoms with Crippen LogP contribution in [0.1, 0.15) is 45.3 Å². The summed E-state index contributed by atoms with van der Waals surface area (Å²) in [6.45, 7) is 8.29. The van der Waals surface area contributed by atoms with E-state index in [1.807, 2.05) is 36.4 Å². The zero-order valence-electron chi connectivity index (χ0n) is 25.1. The molecule has 0 saturated carbocycles. The maximum absolute atomic E-state index is 13.0. The first-order chi connectivity index (χ1) is 21.1. The quantitative estimate of drug-likeness (QED) is 0.149. The molecule has 0 unspecified atom stereocenters. The fraction of sp³-hybridized carbons (Fsp3) is 0.419. The summed E-state index contributed by atoms with van der Waals surface area (Å²) in [5, 5.41) is 16.1. The van der Waals surface area contributed by atoms with Crippen LogP contribution in [0.25, 0.3) is 11.1 Å². The summed E-state index contributed by atoms with van der Waals surface area (Å²) in [6, 6.07) is 12.8. The maximum atomic E-state index is 13.0. The number of nitrogens with one attached hydrogen (secondary N) is 3. The van der Waals surface area contributed by atoms with Crippen LogP contribution in [0.4, 0.5) is 0 Å². The first-order valence-electron chi connectivity index (χ1n) is 14.3. The highest BCUT2D eigenvalue weighted by atomic mass is 35.6. The average molecular weight is 684 g/mol. The molecule has 0 aliphatic carbocycles. The molecule has 0 spiro atoms. The first kappa shape index (κ1) is 36.1. The first-order valence-corrected chi connectivity index (χ1v) is 15.4. The van der Waals surface area contributed by atoms with Crippen LogP contribution >= 0.6 is 34.8 Å². The topological polar surface area (TPSA) is 146 Å². The molecular formula is C31H37Cl3N4O7. The SMILES string of the molecule is C=C(NC(=O)[C@@H](NC(=O)COc1ccc(-c2cccc([C@@H](C)O)c2)cc1)C(C)C)C(=O)N1CCC[C@@H](C(=O)OCC(Cl)(Cl)Cl)N1. The number of ether oxygens (including phenoxy) is 2. The Hall–Kier alpha value is -3.35. The summed E-state index contributed by atoms with van der Waals surface area (Å²) in [5.41, 5.74) is 5.14. The van der Waals surface area contributed by atoms with E-state index in [1.54, 1.807) is 32.9 Å². The number of hydrazine groups is 1. The van der Waals surface area contributed by atoms with Gasteiger partial charge in [-0.15, -0.1) is 0 Å². The molecule has 0 aromatic heterocycles. The number of halogens is 3. The molecule has 1 aliphatic heterocycles. The van der Waals surface area contributed by atoms with Gasteiger partial charge >= 0.3 is 5.97 Å². The van der Waals surface area contributed by atoms with Crippen LogP contribution in [0.15, 0.2) is 60.8 Å². The Morgan fingerprint density at radius 1 is 1.09 bits per heavy atom. The van der Waals surface area contributed by atoms with Crippen LogP contribution in [0.3, 0.4) is 0 Å². The van der Waals surface area contributed by atoms with Gasteiger partial charge in [0.1, 0.15) is 30.1 Å². The van der Waals surface area contributed by atoms with Crippen molar-refractivity contribution in [1.29, 1.82) is 0 Å². The highest BCUT2D eigenvalue weighted by Crippen LogP contribution is 2.27. The van der Waals surface area contributed by atoms with E-state index >= 15 is 0 Å². The Balaban J connectivity index is 1.51. The zero-order valence-corrected chi connectivity index (χ0v) is 27.4. The molecule has 2 aromatic rings. The van der Waals surface area contributed by atoms with Gasteiger partial charge in [0.2, 0.25) is 9.70 Å². The van der Waals surface area contributed by atoms with Gasteiger partial charge in [-0.05, 0) is 60.6 Å². The Kier molecular flexibility index (Phi) is 13.1. The summed E-state index contributed by atoms with van der Waals surface area (Å²) in [5.74, 6) is -2.43. The molecule has 0 radical (unpaired) electrons. The lowest BCUT2D eigenvalue weighted by atomic mass is 10.0. The Morgan fingerprint density at radius 3 is 2.40 bits per heavy atom. The number of esters is 1. The van der Waals surface area contributed by atoms with Crippen LogP contribution in [0.5, 0.6) is 5.75 Å². The lowest BCUT2D eigenvalue weighted by Crippen LogP contribution is -2.57. The number of benzene rings is 2. The van der Waals surface area contributed by atoms with Crippen LogP contribution in [0, 0.1) is 5.92 Å². The third kappa shape index (κ3) is 11.2. The second-order valence-corrected chi connectivity index (χ2v) is 13.4. The van der Waals surface area contributed by atoms with Crippen molar-refractivity contribution in [1.82, 2.24) is 21.1 Å². The summed E-state index contributed by atoms with van der Waals surface area (Å²) in [6.07, 6.45) is 0.268. The molecule has 3 amide bonds. The molecule has 0 bridgehead atoms. The van der Waals surface area contributed by atoms with Crippen molar-refractivity contribution in [2.75, 3.05) is 19.8 Å². The standard InChI is InChI=1S/C31H37Cl3N4O7/c1-18(2)27(28(41)35-19(3)29(42)38-14-6-9-25(37-38)30(43)45-17-31(32,33)34)36-26(40)16-44-24-12-10-21(11-13-24)23-8-5-7-22(15-23)20(4)39/h5,7-8,10-13,15,18,20,25,27,37,39H,3,6,9,14,16-17H2,1-2,4H3,(H,35,41)(H,36,40)/t20-,25+,27+/m1/s1. The van der Waals surface area contributed by atoms with Crippen molar-refractivity contribution in [3.05, 3.63) is 66.4 Å². The molecule has 11 nitrogen and oxygen atoms in total. The van der Waals surface area contributed by atoms with Crippen molar-refractivity contribution in [2.45, 2.75) is 55.6 Å². The predicted molar refractivity (Wildman–Crippen MR) is 171 cm³/mol. The van der Waals surface area contributed by atoms with E-state index in [2.05, 4.69) is 22.6 Å². The smallest absolute Gasteiger partial charge is 0.325 e. The minimum absolute atomic E-state index is 0.249. The maximum Gasteiger partial charge on any atom is 0.325 e. The minimum atomic E-state index is -1.77. The van der Waals surface area contributed by atoms with E-state index in [0.717, 1.165) is 21.7 Å². The fourth-order valence-corrected chi connectivity index (χ4v) is 4.58. The number of amides is 3. The number of carbonyl (C=O) groups is 4. The lowest BCUT2D eigenvalue weighted by Gasteiger charge is -2.33. The molecule has 14 heteroatoms. The van der Waals surface area contributed by atoms with E-state index in [9.17, 15) is 24.3 Å². The van der Waals surface area contributed by atoms with E-state index in [0.29, 0.717) is 18.6 Å². The largest absolute Gasteiger partial charge is 0.484 e. The van der Waals surface area contributed by atoms with Gasteiger partial charge in [0.15, 0.2) is 6.61 Å². The molecule has 1 aliphatic rings. The fourth-order valence-electron chi connectivity index (χ4n) is 4.42.